The minimum Gasteiger partial charge on any atom is -0.391 e. The summed E-state index contributed by atoms with van der Waals surface area (Å²) in [7, 11) is 0. The minimum atomic E-state index is -0.769. The number of hydrogen-bond donors (Lipinski definition) is 2. The van der Waals surface area contributed by atoms with Gasteiger partial charge in [0.1, 0.15) is 6.04 Å². The van der Waals surface area contributed by atoms with Gasteiger partial charge in [0, 0.05) is 13.1 Å². The highest BCUT2D eigenvalue weighted by atomic mass is 16.3. The SMILES string of the molecule is CC[C@H](C)C1CCN(C(=O)[C@@H](N)[C@@H](C)O)CC1. The van der Waals surface area contributed by atoms with Crippen molar-refractivity contribution in [3.05, 3.63) is 0 Å². The van der Waals surface area contributed by atoms with Crippen LogP contribution in [0.4, 0.5) is 0 Å². The van der Waals surface area contributed by atoms with Crippen molar-refractivity contribution in [2.75, 3.05) is 13.1 Å². The zero-order valence-corrected chi connectivity index (χ0v) is 11.2. The van der Waals surface area contributed by atoms with Gasteiger partial charge in [-0.1, -0.05) is 20.3 Å². The van der Waals surface area contributed by atoms with Crippen LogP contribution in [0.2, 0.25) is 0 Å². The summed E-state index contributed by atoms with van der Waals surface area (Å²) in [5.41, 5.74) is 5.67. The molecule has 4 heteroatoms. The van der Waals surface area contributed by atoms with Gasteiger partial charge in [-0.25, -0.2) is 0 Å². The van der Waals surface area contributed by atoms with Gasteiger partial charge < -0.3 is 15.7 Å². The van der Waals surface area contributed by atoms with E-state index in [0.717, 1.165) is 37.8 Å². The number of carbonyl (C=O) groups is 1. The first kappa shape index (κ1) is 14.5. The molecule has 0 spiro atoms. The standard InChI is InChI=1S/C13H26N2O2/c1-4-9(2)11-5-7-15(8-6-11)13(17)12(14)10(3)16/h9-12,16H,4-8,14H2,1-3H3/t9-,10+,12-/m0/s1. The number of aliphatic hydroxyl groups is 1. The fourth-order valence-electron chi connectivity index (χ4n) is 2.44. The fourth-order valence-corrected chi connectivity index (χ4v) is 2.44. The van der Waals surface area contributed by atoms with E-state index in [4.69, 9.17) is 5.73 Å². The molecule has 0 aromatic heterocycles. The third kappa shape index (κ3) is 3.68. The molecule has 0 saturated carbocycles. The van der Waals surface area contributed by atoms with Crippen LogP contribution in [0.25, 0.3) is 0 Å². The van der Waals surface area contributed by atoms with Gasteiger partial charge in [-0.05, 0) is 31.6 Å². The minimum absolute atomic E-state index is 0.109. The predicted octanol–water partition coefficient (Wildman–Crippen LogP) is 0.979. The zero-order valence-electron chi connectivity index (χ0n) is 11.2. The van der Waals surface area contributed by atoms with Gasteiger partial charge in [0.2, 0.25) is 5.91 Å². The Morgan fingerprint density at radius 2 is 1.94 bits per heavy atom. The Labute approximate surface area is 104 Å². The Balaban J connectivity index is 2.44. The Bertz CT molecular complexity index is 248. The molecule has 1 aliphatic heterocycles. The second-order valence-corrected chi connectivity index (χ2v) is 5.31. The van der Waals surface area contributed by atoms with Crippen molar-refractivity contribution in [3.63, 3.8) is 0 Å². The molecule has 1 amide bonds. The molecule has 3 N–H and O–H groups in total. The zero-order chi connectivity index (χ0) is 13.0. The van der Waals surface area contributed by atoms with Gasteiger partial charge >= 0.3 is 0 Å². The molecule has 0 aromatic rings. The topological polar surface area (TPSA) is 66.6 Å². The molecule has 3 atom stereocenters. The van der Waals surface area contributed by atoms with E-state index in [9.17, 15) is 9.90 Å². The van der Waals surface area contributed by atoms with Crippen molar-refractivity contribution in [2.45, 2.75) is 52.2 Å². The normalized spacial score (nSPS) is 23.2. The molecule has 0 radical (unpaired) electrons. The van der Waals surface area contributed by atoms with Crippen LogP contribution in [0.15, 0.2) is 0 Å². The molecule has 1 fully saturated rings. The number of hydrogen-bond acceptors (Lipinski definition) is 3. The van der Waals surface area contributed by atoms with Crippen LogP contribution in [0.3, 0.4) is 0 Å². The monoisotopic (exact) mass is 242 g/mol. The average Bonchev–Trinajstić information content (AvgIpc) is 2.36. The van der Waals surface area contributed by atoms with Gasteiger partial charge in [-0.2, -0.15) is 0 Å². The Hall–Kier alpha value is -0.610. The van der Waals surface area contributed by atoms with Crippen LogP contribution in [0, 0.1) is 11.8 Å². The Morgan fingerprint density at radius 1 is 1.41 bits per heavy atom. The van der Waals surface area contributed by atoms with E-state index in [1.807, 2.05) is 0 Å². The number of likely N-dealkylation sites (tertiary alicyclic amines) is 1. The van der Waals surface area contributed by atoms with E-state index in [1.165, 1.54) is 6.42 Å². The highest BCUT2D eigenvalue weighted by Gasteiger charge is 2.29. The number of carbonyl (C=O) groups excluding carboxylic acids is 1. The third-order valence-corrected chi connectivity index (χ3v) is 4.10. The Morgan fingerprint density at radius 3 is 2.35 bits per heavy atom. The van der Waals surface area contributed by atoms with Gasteiger partial charge in [-0.15, -0.1) is 0 Å². The highest BCUT2D eigenvalue weighted by molar-refractivity contribution is 5.82. The van der Waals surface area contributed by atoms with Crippen molar-refractivity contribution in [2.24, 2.45) is 17.6 Å². The third-order valence-electron chi connectivity index (χ3n) is 4.10. The van der Waals surface area contributed by atoms with Crippen LogP contribution in [0.5, 0.6) is 0 Å². The first-order valence-corrected chi connectivity index (χ1v) is 6.69. The first-order chi connectivity index (χ1) is 7.97. The van der Waals surface area contributed by atoms with Crippen LogP contribution in [-0.4, -0.2) is 41.1 Å². The van der Waals surface area contributed by atoms with E-state index < -0.39 is 12.1 Å². The molecule has 17 heavy (non-hydrogen) atoms. The lowest BCUT2D eigenvalue weighted by Crippen LogP contribution is -2.51. The Kier molecular flexibility index (Phi) is 5.40. The van der Waals surface area contributed by atoms with Crippen LogP contribution >= 0.6 is 0 Å². The van der Waals surface area contributed by atoms with Crippen molar-refractivity contribution in [3.8, 4) is 0 Å². The summed E-state index contributed by atoms with van der Waals surface area (Å²) in [5, 5.41) is 9.33. The van der Waals surface area contributed by atoms with E-state index in [-0.39, 0.29) is 5.91 Å². The van der Waals surface area contributed by atoms with E-state index in [0.29, 0.717) is 0 Å². The second-order valence-electron chi connectivity index (χ2n) is 5.31. The van der Waals surface area contributed by atoms with Crippen LogP contribution < -0.4 is 5.73 Å². The summed E-state index contributed by atoms with van der Waals surface area (Å²) < 4.78 is 0. The molecule has 4 nitrogen and oxygen atoms in total. The van der Waals surface area contributed by atoms with Gasteiger partial charge in [0.05, 0.1) is 6.10 Å². The van der Waals surface area contributed by atoms with Crippen LogP contribution in [0.1, 0.15) is 40.0 Å². The number of nitrogens with two attached hydrogens (primary N) is 1. The van der Waals surface area contributed by atoms with E-state index >= 15 is 0 Å². The van der Waals surface area contributed by atoms with E-state index in [2.05, 4.69) is 13.8 Å². The summed E-state index contributed by atoms with van der Waals surface area (Å²) in [6.45, 7) is 7.63. The molecular formula is C13H26N2O2. The molecule has 0 unspecified atom stereocenters. The smallest absolute Gasteiger partial charge is 0.242 e. The quantitative estimate of drug-likeness (QED) is 0.772. The number of amides is 1. The summed E-state index contributed by atoms with van der Waals surface area (Å²) in [6, 6.07) is -0.768. The number of aliphatic hydroxyl groups excluding tert-OH is 1. The molecular weight excluding hydrogens is 216 g/mol. The maximum atomic E-state index is 11.9. The maximum absolute atomic E-state index is 11.9. The molecule has 0 aliphatic carbocycles. The van der Waals surface area contributed by atoms with Crippen molar-refractivity contribution in [1.29, 1.82) is 0 Å². The average molecular weight is 242 g/mol. The lowest BCUT2D eigenvalue weighted by atomic mass is 9.84. The number of piperidine rings is 1. The summed E-state index contributed by atoms with van der Waals surface area (Å²) in [4.78, 5) is 13.7. The molecule has 1 saturated heterocycles. The summed E-state index contributed by atoms with van der Waals surface area (Å²) in [6.07, 6.45) is 2.56. The number of rotatable bonds is 4. The fraction of sp³-hybridized carbons (Fsp3) is 0.923. The largest absolute Gasteiger partial charge is 0.391 e. The molecule has 1 aliphatic rings. The van der Waals surface area contributed by atoms with Crippen molar-refractivity contribution in [1.82, 2.24) is 4.90 Å². The maximum Gasteiger partial charge on any atom is 0.242 e. The molecule has 1 rings (SSSR count). The molecule has 1 heterocycles. The molecule has 0 bridgehead atoms. The summed E-state index contributed by atoms with van der Waals surface area (Å²) in [5.74, 6) is 1.35. The molecule has 100 valence electrons. The van der Waals surface area contributed by atoms with E-state index in [1.54, 1.807) is 11.8 Å². The predicted molar refractivity (Wildman–Crippen MR) is 68.4 cm³/mol. The van der Waals surface area contributed by atoms with Gasteiger partial charge in [-0.3, -0.25) is 4.79 Å². The van der Waals surface area contributed by atoms with Crippen molar-refractivity contribution >= 4 is 5.91 Å². The molecule has 0 aromatic carbocycles. The first-order valence-electron chi connectivity index (χ1n) is 6.69. The number of nitrogens with zero attached hydrogens (tertiary/aromatic N) is 1. The van der Waals surface area contributed by atoms with Gasteiger partial charge in [0.25, 0.3) is 0 Å². The van der Waals surface area contributed by atoms with Gasteiger partial charge in [0.15, 0.2) is 0 Å². The lowest BCUT2D eigenvalue weighted by Gasteiger charge is -2.36. The second kappa shape index (κ2) is 6.36. The van der Waals surface area contributed by atoms with Crippen LogP contribution in [-0.2, 0) is 4.79 Å². The lowest BCUT2D eigenvalue weighted by molar-refractivity contribution is -0.136. The highest BCUT2D eigenvalue weighted by Crippen LogP contribution is 2.27. The summed E-state index contributed by atoms with van der Waals surface area (Å²) >= 11 is 0. The van der Waals surface area contributed by atoms with Crippen molar-refractivity contribution < 1.29 is 9.90 Å².